The van der Waals surface area contributed by atoms with Gasteiger partial charge in [-0.15, -0.1) is 0 Å². The zero-order valence-electron chi connectivity index (χ0n) is 8.27. The minimum Gasteiger partial charge on any atom is -0.379 e. The lowest BCUT2D eigenvalue weighted by Gasteiger charge is -2.14. The lowest BCUT2D eigenvalue weighted by molar-refractivity contribution is -0.118. The summed E-state index contributed by atoms with van der Waals surface area (Å²) in [5, 5.41) is 5.69. The predicted molar refractivity (Wildman–Crippen MR) is 50.7 cm³/mol. The van der Waals surface area contributed by atoms with Crippen molar-refractivity contribution in [1.82, 2.24) is 10.6 Å². The van der Waals surface area contributed by atoms with E-state index in [9.17, 15) is 4.79 Å². The summed E-state index contributed by atoms with van der Waals surface area (Å²) in [5.41, 5.74) is 0.429. The first-order valence-electron chi connectivity index (χ1n) is 4.19. The molecular formula is C9H18N2O. The maximum atomic E-state index is 11.2. The Hall–Kier alpha value is -0.990. The predicted octanol–water partition coefficient (Wildman–Crippen LogP) is 1.02. The molecule has 0 heterocycles. The average Bonchev–Trinajstić information content (AvgIpc) is 1.84. The Bertz CT molecular complexity index is 153. The number of carbonyl (C=O) groups is 1. The molecule has 0 aromatic rings. The minimum absolute atomic E-state index is 0.126. The fraction of sp³-hybridized carbons (Fsp3) is 0.667. The highest BCUT2D eigenvalue weighted by atomic mass is 16.2. The Morgan fingerprint density at radius 3 is 1.83 bits per heavy atom. The van der Waals surface area contributed by atoms with Gasteiger partial charge in [0.1, 0.15) is 0 Å². The number of hydrogen-bond acceptors (Lipinski definition) is 2. The third-order valence-corrected chi connectivity index (χ3v) is 1.16. The highest BCUT2D eigenvalue weighted by Crippen LogP contribution is 1.89. The van der Waals surface area contributed by atoms with Crippen LogP contribution >= 0.6 is 0 Å². The number of hydrogen-bond donors (Lipinski definition) is 2. The van der Waals surface area contributed by atoms with Crippen molar-refractivity contribution in [1.29, 1.82) is 0 Å². The van der Waals surface area contributed by atoms with Gasteiger partial charge in [0, 0.05) is 12.1 Å². The van der Waals surface area contributed by atoms with E-state index >= 15 is 0 Å². The van der Waals surface area contributed by atoms with E-state index in [4.69, 9.17) is 0 Å². The lowest BCUT2D eigenvalue weighted by atomic mass is 10.3. The molecule has 0 aromatic carbocycles. The highest BCUT2D eigenvalue weighted by Gasteiger charge is 2.07. The summed E-state index contributed by atoms with van der Waals surface area (Å²) in [6.07, 6.45) is 0. The maximum absolute atomic E-state index is 11.2. The van der Waals surface area contributed by atoms with E-state index < -0.39 is 0 Å². The van der Waals surface area contributed by atoms with Gasteiger partial charge in [-0.3, -0.25) is 4.79 Å². The van der Waals surface area contributed by atoms with Crippen LogP contribution in [-0.4, -0.2) is 18.0 Å². The molecule has 70 valence electrons. The minimum atomic E-state index is -0.126. The number of rotatable bonds is 4. The van der Waals surface area contributed by atoms with Crippen molar-refractivity contribution in [3.8, 4) is 0 Å². The molecule has 0 aliphatic heterocycles. The lowest BCUT2D eigenvalue weighted by Crippen LogP contribution is -2.37. The molecule has 0 fully saturated rings. The molecule has 0 atom stereocenters. The SMILES string of the molecule is C=C(NC(C)C)C(=O)NC(C)C. The molecule has 0 aromatic heterocycles. The summed E-state index contributed by atoms with van der Waals surface area (Å²) in [6.45, 7) is 11.4. The van der Waals surface area contributed by atoms with E-state index in [-0.39, 0.29) is 18.0 Å². The van der Waals surface area contributed by atoms with Gasteiger partial charge in [0.25, 0.3) is 5.91 Å². The second-order valence-corrected chi connectivity index (χ2v) is 3.41. The smallest absolute Gasteiger partial charge is 0.266 e. The fourth-order valence-corrected chi connectivity index (χ4v) is 0.763. The van der Waals surface area contributed by atoms with Crippen molar-refractivity contribution in [2.75, 3.05) is 0 Å². The second kappa shape index (κ2) is 4.80. The summed E-state index contributed by atoms with van der Waals surface area (Å²) >= 11 is 0. The molecular weight excluding hydrogens is 152 g/mol. The van der Waals surface area contributed by atoms with Crippen LogP contribution in [0.15, 0.2) is 12.3 Å². The highest BCUT2D eigenvalue weighted by molar-refractivity contribution is 5.92. The molecule has 0 rings (SSSR count). The Balaban J connectivity index is 3.86. The molecule has 0 spiro atoms. The zero-order chi connectivity index (χ0) is 9.72. The third-order valence-electron chi connectivity index (χ3n) is 1.16. The summed E-state index contributed by atoms with van der Waals surface area (Å²) in [7, 11) is 0. The second-order valence-electron chi connectivity index (χ2n) is 3.41. The number of amides is 1. The first kappa shape index (κ1) is 11.0. The van der Waals surface area contributed by atoms with Gasteiger partial charge in [-0.25, -0.2) is 0 Å². The van der Waals surface area contributed by atoms with Crippen LogP contribution < -0.4 is 10.6 Å². The first-order valence-corrected chi connectivity index (χ1v) is 4.19. The quantitative estimate of drug-likeness (QED) is 0.618. The fourth-order valence-electron chi connectivity index (χ4n) is 0.763. The zero-order valence-corrected chi connectivity index (χ0v) is 8.27. The largest absolute Gasteiger partial charge is 0.379 e. The molecule has 2 N–H and O–H groups in total. The van der Waals surface area contributed by atoms with E-state index in [0.29, 0.717) is 5.70 Å². The van der Waals surface area contributed by atoms with E-state index in [0.717, 1.165) is 0 Å². The molecule has 0 unspecified atom stereocenters. The normalized spacial score (nSPS) is 10.2. The van der Waals surface area contributed by atoms with Crippen molar-refractivity contribution in [3.63, 3.8) is 0 Å². The van der Waals surface area contributed by atoms with Crippen LogP contribution in [0.25, 0.3) is 0 Å². The topological polar surface area (TPSA) is 41.1 Å². The number of nitrogens with one attached hydrogen (secondary N) is 2. The standard InChI is InChI=1S/C9H18N2O/c1-6(2)10-8(5)9(12)11-7(3)4/h6-7,10H,5H2,1-4H3,(H,11,12). The van der Waals surface area contributed by atoms with Gasteiger partial charge in [0.2, 0.25) is 0 Å². The van der Waals surface area contributed by atoms with Crippen LogP contribution in [0.2, 0.25) is 0 Å². The molecule has 0 saturated heterocycles. The van der Waals surface area contributed by atoms with E-state index in [2.05, 4.69) is 17.2 Å². The van der Waals surface area contributed by atoms with Gasteiger partial charge in [-0.1, -0.05) is 6.58 Å². The van der Waals surface area contributed by atoms with Crippen LogP contribution in [0, 0.1) is 0 Å². The van der Waals surface area contributed by atoms with E-state index in [1.54, 1.807) is 0 Å². The third kappa shape index (κ3) is 4.77. The van der Waals surface area contributed by atoms with Crippen molar-refractivity contribution < 1.29 is 4.79 Å². The van der Waals surface area contributed by atoms with Crippen molar-refractivity contribution in [2.24, 2.45) is 0 Å². The Morgan fingerprint density at radius 1 is 1.08 bits per heavy atom. The molecule has 12 heavy (non-hydrogen) atoms. The van der Waals surface area contributed by atoms with Gasteiger partial charge in [0.05, 0.1) is 5.70 Å². The molecule has 1 amide bonds. The van der Waals surface area contributed by atoms with Crippen molar-refractivity contribution in [3.05, 3.63) is 12.3 Å². The van der Waals surface area contributed by atoms with Crippen molar-refractivity contribution in [2.45, 2.75) is 39.8 Å². The van der Waals surface area contributed by atoms with Crippen molar-refractivity contribution >= 4 is 5.91 Å². The maximum Gasteiger partial charge on any atom is 0.266 e. The first-order chi connectivity index (χ1) is 5.43. The van der Waals surface area contributed by atoms with Crippen LogP contribution in [0.1, 0.15) is 27.7 Å². The van der Waals surface area contributed by atoms with Gasteiger partial charge in [-0.2, -0.15) is 0 Å². The molecule has 0 radical (unpaired) electrons. The Morgan fingerprint density at radius 2 is 1.50 bits per heavy atom. The molecule has 0 aliphatic carbocycles. The summed E-state index contributed by atoms with van der Waals surface area (Å²) in [6, 6.07) is 0.402. The van der Waals surface area contributed by atoms with E-state index in [1.165, 1.54) is 0 Å². The van der Waals surface area contributed by atoms with Crippen LogP contribution in [0.4, 0.5) is 0 Å². The van der Waals surface area contributed by atoms with Gasteiger partial charge in [0.15, 0.2) is 0 Å². The van der Waals surface area contributed by atoms with Gasteiger partial charge < -0.3 is 10.6 Å². The number of carbonyl (C=O) groups excluding carboxylic acids is 1. The molecule has 3 heteroatoms. The summed E-state index contributed by atoms with van der Waals surface area (Å²) < 4.78 is 0. The van der Waals surface area contributed by atoms with Crippen LogP contribution in [0.5, 0.6) is 0 Å². The van der Waals surface area contributed by atoms with Crippen LogP contribution in [-0.2, 0) is 4.79 Å². The van der Waals surface area contributed by atoms with Gasteiger partial charge >= 0.3 is 0 Å². The summed E-state index contributed by atoms with van der Waals surface area (Å²) in [4.78, 5) is 11.2. The molecule has 0 aliphatic rings. The molecule has 0 saturated carbocycles. The molecule has 0 bridgehead atoms. The van der Waals surface area contributed by atoms with Gasteiger partial charge in [-0.05, 0) is 27.7 Å². The molecule has 3 nitrogen and oxygen atoms in total. The van der Waals surface area contributed by atoms with Crippen LogP contribution in [0.3, 0.4) is 0 Å². The Labute approximate surface area is 74.2 Å². The monoisotopic (exact) mass is 170 g/mol. The summed E-state index contributed by atoms with van der Waals surface area (Å²) in [5.74, 6) is -0.126. The Kier molecular flexibility index (Phi) is 4.40. The van der Waals surface area contributed by atoms with E-state index in [1.807, 2.05) is 27.7 Å². The average molecular weight is 170 g/mol.